The summed E-state index contributed by atoms with van der Waals surface area (Å²) in [6.07, 6.45) is 8.90. The van der Waals surface area contributed by atoms with E-state index in [-0.39, 0.29) is 15.3 Å². The fraction of sp³-hybridized carbons (Fsp3) is 0.571. The summed E-state index contributed by atoms with van der Waals surface area (Å²) >= 11 is 1.75. The summed E-state index contributed by atoms with van der Waals surface area (Å²) in [5.41, 5.74) is 0.210. The zero-order valence-corrected chi connectivity index (χ0v) is 13.6. The zero-order valence-electron chi connectivity index (χ0n) is 12.0. The van der Waals surface area contributed by atoms with Gasteiger partial charge in [-0.1, -0.05) is 19.3 Å². The lowest BCUT2D eigenvalue weighted by atomic mass is 9.88. The van der Waals surface area contributed by atoms with Gasteiger partial charge in [-0.15, -0.1) is 0 Å². The molecule has 0 aliphatic heterocycles. The minimum Gasteiger partial charge on any atom is -0.244 e. The summed E-state index contributed by atoms with van der Waals surface area (Å²) in [5, 5.41) is 8.69. The Hall–Kier alpha value is -1.10. The van der Waals surface area contributed by atoms with Crippen molar-refractivity contribution in [2.24, 2.45) is 0 Å². The molecule has 1 saturated carbocycles. The van der Waals surface area contributed by atoms with Crippen LogP contribution in [0.15, 0.2) is 23.2 Å². The number of nitriles is 1. The Morgan fingerprint density at radius 2 is 2.10 bits per heavy atom. The molecule has 5 nitrogen and oxygen atoms in total. The molecule has 2 rings (SSSR count). The standard InChI is InChI=1S/C14H19N3O2S2/c1-20-14(7-3-2-4-8-14)11-17-21(18,19)13-6-5-12(9-15)16-10-13/h5-6,10,17H,2-4,7-8,11H2,1H3. The molecule has 1 heterocycles. The van der Waals surface area contributed by atoms with E-state index in [4.69, 9.17) is 5.26 Å². The maximum absolute atomic E-state index is 12.3. The van der Waals surface area contributed by atoms with Crippen molar-refractivity contribution in [3.05, 3.63) is 24.0 Å². The van der Waals surface area contributed by atoms with Crippen molar-refractivity contribution in [2.45, 2.75) is 41.7 Å². The van der Waals surface area contributed by atoms with Gasteiger partial charge in [0.15, 0.2) is 0 Å². The number of nitrogens with one attached hydrogen (secondary N) is 1. The van der Waals surface area contributed by atoms with E-state index in [0.29, 0.717) is 6.54 Å². The minimum atomic E-state index is -3.57. The Balaban J connectivity index is 2.08. The van der Waals surface area contributed by atoms with Crippen molar-refractivity contribution in [1.82, 2.24) is 9.71 Å². The second-order valence-corrected chi connectivity index (χ2v) is 8.30. The highest BCUT2D eigenvalue weighted by molar-refractivity contribution is 8.00. The number of hydrogen-bond donors (Lipinski definition) is 1. The molecule has 1 fully saturated rings. The maximum Gasteiger partial charge on any atom is 0.242 e. The van der Waals surface area contributed by atoms with Crippen LogP contribution in [0.5, 0.6) is 0 Å². The van der Waals surface area contributed by atoms with Gasteiger partial charge in [0, 0.05) is 17.5 Å². The Bertz CT molecular complexity index is 615. The normalized spacial score (nSPS) is 18.1. The molecule has 0 bridgehead atoms. The van der Waals surface area contributed by atoms with Crippen LogP contribution in [0.4, 0.5) is 0 Å². The SMILES string of the molecule is CSC1(CNS(=O)(=O)c2ccc(C#N)nc2)CCCCC1. The second kappa shape index (κ2) is 6.77. The number of nitrogens with zero attached hydrogens (tertiary/aromatic N) is 2. The van der Waals surface area contributed by atoms with Gasteiger partial charge in [0.25, 0.3) is 0 Å². The quantitative estimate of drug-likeness (QED) is 0.898. The van der Waals surface area contributed by atoms with Crippen LogP contribution in [0.3, 0.4) is 0 Å². The van der Waals surface area contributed by atoms with Crippen LogP contribution < -0.4 is 4.72 Å². The van der Waals surface area contributed by atoms with Gasteiger partial charge in [-0.25, -0.2) is 18.1 Å². The number of sulfonamides is 1. The van der Waals surface area contributed by atoms with Crippen molar-refractivity contribution >= 4 is 21.8 Å². The molecular formula is C14H19N3O2S2. The monoisotopic (exact) mass is 325 g/mol. The average Bonchev–Trinajstić information content (AvgIpc) is 2.54. The molecule has 1 aliphatic carbocycles. The molecule has 114 valence electrons. The van der Waals surface area contributed by atoms with E-state index in [1.807, 2.05) is 12.3 Å². The molecule has 1 aromatic rings. The van der Waals surface area contributed by atoms with Crippen LogP contribution in [-0.2, 0) is 10.0 Å². The summed E-state index contributed by atoms with van der Waals surface area (Å²) in [4.78, 5) is 3.92. The first-order valence-electron chi connectivity index (χ1n) is 6.92. The summed E-state index contributed by atoms with van der Waals surface area (Å²) in [6, 6.07) is 4.71. The lowest BCUT2D eigenvalue weighted by Crippen LogP contribution is -2.41. The van der Waals surface area contributed by atoms with Crippen molar-refractivity contribution in [3.8, 4) is 6.07 Å². The minimum absolute atomic E-state index is 0.00530. The third-order valence-electron chi connectivity index (χ3n) is 3.94. The van der Waals surface area contributed by atoms with Crippen LogP contribution in [0.2, 0.25) is 0 Å². The van der Waals surface area contributed by atoms with Gasteiger partial charge in [0.1, 0.15) is 16.7 Å². The molecule has 0 spiro atoms. The highest BCUT2D eigenvalue weighted by atomic mass is 32.2. The van der Waals surface area contributed by atoms with Gasteiger partial charge in [-0.05, 0) is 31.2 Å². The summed E-state index contributed by atoms with van der Waals surface area (Å²) in [6.45, 7) is 0.441. The van der Waals surface area contributed by atoms with Crippen LogP contribution in [0.25, 0.3) is 0 Å². The van der Waals surface area contributed by atoms with E-state index in [2.05, 4.69) is 9.71 Å². The largest absolute Gasteiger partial charge is 0.244 e. The van der Waals surface area contributed by atoms with Crippen molar-refractivity contribution in [2.75, 3.05) is 12.8 Å². The third-order valence-corrected chi connectivity index (χ3v) is 6.75. The lowest BCUT2D eigenvalue weighted by molar-refractivity contribution is 0.395. The van der Waals surface area contributed by atoms with E-state index in [9.17, 15) is 8.42 Å². The third kappa shape index (κ3) is 3.96. The van der Waals surface area contributed by atoms with Crippen molar-refractivity contribution < 1.29 is 8.42 Å². The fourth-order valence-electron chi connectivity index (χ4n) is 2.56. The van der Waals surface area contributed by atoms with E-state index in [0.717, 1.165) is 25.7 Å². The Morgan fingerprint density at radius 3 is 2.62 bits per heavy atom. The fourth-order valence-corrected chi connectivity index (χ4v) is 4.64. The number of aromatic nitrogens is 1. The zero-order chi connectivity index (χ0) is 15.3. The van der Waals surface area contributed by atoms with E-state index < -0.39 is 10.0 Å². The summed E-state index contributed by atoms with van der Waals surface area (Å²) in [7, 11) is -3.57. The van der Waals surface area contributed by atoms with Crippen LogP contribution >= 0.6 is 11.8 Å². The molecule has 0 unspecified atom stereocenters. The first kappa shape index (κ1) is 16.3. The number of thioether (sulfide) groups is 1. The molecule has 1 N–H and O–H groups in total. The molecule has 21 heavy (non-hydrogen) atoms. The molecule has 0 aromatic carbocycles. The van der Waals surface area contributed by atoms with Crippen molar-refractivity contribution in [1.29, 1.82) is 5.26 Å². The topological polar surface area (TPSA) is 82.9 Å². The van der Waals surface area contributed by atoms with Gasteiger partial charge < -0.3 is 0 Å². The van der Waals surface area contributed by atoms with Crippen molar-refractivity contribution in [3.63, 3.8) is 0 Å². The molecule has 0 saturated heterocycles. The first-order valence-corrected chi connectivity index (χ1v) is 9.63. The smallest absolute Gasteiger partial charge is 0.242 e. The van der Waals surface area contributed by atoms with Crippen LogP contribution in [0, 0.1) is 11.3 Å². The number of pyridine rings is 1. The maximum atomic E-state index is 12.3. The lowest BCUT2D eigenvalue weighted by Gasteiger charge is -2.35. The highest BCUT2D eigenvalue weighted by Crippen LogP contribution is 2.38. The van der Waals surface area contributed by atoms with E-state index in [1.165, 1.54) is 24.8 Å². The second-order valence-electron chi connectivity index (χ2n) is 5.26. The van der Waals surface area contributed by atoms with E-state index >= 15 is 0 Å². The predicted octanol–water partition coefficient (Wildman–Crippen LogP) is 2.30. The van der Waals surface area contributed by atoms with Crippen LogP contribution in [-0.4, -0.2) is 30.9 Å². The Morgan fingerprint density at radius 1 is 1.38 bits per heavy atom. The van der Waals surface area contributed by atoms with E-state index in [1.54, 1.807) is 11.8 Å². The average molecular weight is 325 g/mol. The number of rotatable bonds is 5. The van der Waals surface area contributed by atoms with Gasteiger partial charge in [0.2, 0.25) is 10.0 Å². The molecule has 0 radical (unpaired) electrons. The number of hydrogen-bond acceptors (Lipinski definition) is 5. The summed E-state index contributed by atoms with van der Waals surface area (Å²) in [5.74, 6) is 0. The highest BCUT2D eigenvalue weighted by Gasteiger charge is 2.32. The van der Waals surface area contributed by atoms with Crippen LogP contribution in [0.1, 0.15) is 37.8 Å². The first-order chi connectivity index (χ1) is 10.0. The van der Waals surface area contributed by atoms with Gasteiger partial charge in [0.05, 0.1) is 0 Å². The molecule has 0 atom stereocenters. The predicted molar refractivity (Wildman–Crippen MR) is 83.5 cm³/mol. The van der Waals surface area contributed by atoms with Gasteiger partial charge in [-0.3, -0.25) is 0 Å². The Labute approximate surface area is 130 Å². The molecule has 1 aliphatic rings. The van der Waals surface area contributed by atoms with Gasteiger partial charge in [-0.2, -0.15) is 17.0 Å². The molecule has 7 heteroatoms. The molecule has 1 aromatic heterocycles. The Kier molecular flexibility index (Phi) is 5.25. The summed E-state index contributed by atoms with van der Waals surface area (Å²) < 4.78 is 27.3. The molecule has 0 amide bonds. The van der Waals surface area contributed by atoms with Gasteiger partial charge >= 0.3 is 0 Å². The molecular weight excluding hydrogens is 306 g/mol.